The third-order valence-electron chi connectivity index (χ3n) is 2.39. The Labute approximate surface area is 117 Å². The van der Waals surface area contributed by atoms with Crippen LogP contribution in [0.25, 0.3) is 0 Å². The second-order valence-corrected chi connectivity index (χ2v) is 6.25. The highest BCUT2D eigenvalue weighted by Crippen LogP contribution is 2.22. The highest BCUT2D eigenvalue weighted by atomic mass is 35.5. The van der Waals surface area contributed by atoms with Gasteiger partial charge in [0.2, 0.25) is 15.9 Å². The molecular weight excluding hydrogens is 290 g/mol. The third kappa shape index (κ3) is 4.46. The Hall–Kier alpha value is -1.15. The van der Waals surface area contributed by atoms with Gasteiger partial charge in [-0.05, 0) is 24.6 Å². The lowest BCUT2D eigenvalue weighted by Gasteiger charge is -2.14. The molecule has 19 heavy (non-hydrogen) atoms. The average Bonchev–Trinajstić information content (AvgIpc) is 2.26. The maximum absolute atomic E-state index is 12.1. The Balaban J connectivity index is 2.97. The molecule has 8 heteroatoms. The minimum atomic E-state index is -3.79. The summed E-state index contributed by atoms with van der Waals surface area (Å²) in [7, 11) is -3.79. The van der Waals surface area contributed by atoms with Crippen LogP contribution in [0.15, 0.2) is 23.1 Å². The lowest BCUT2D eigenvalue weighted by molar-refractivity contribution is -0.118. The first kappa shape index (κ1) is 15.9. The molecule has 0 bridgehead atoms. The van der Waals surface area contributed by atoms with E-state index in [2.05, 4.69) is 4.72 Å². The number of primary amides is 1. The third-order valence-corrected chi connectivity index (χ3v) is 4.46. The zero-order chi connectivity index (χ0) is 14.6. The molecule has 6 nitrogen and oxygen atoms in total. The van der Waals surface area contributed by atoms with Gasteiger partial charge in [0, 0.05) is 19.0 Å². The van der Waals surface area contributed by atoms with Gasteiger partial charge in [0.15, 0.2) is 0 Å². The predicted molar refractivity (Wildman–Crippen MR) is 72.9 cm³/mol. The van der Waals surface area contributed by atoms with Crippen molar-refractivity contribution in [1.29, 1.82) is 0 Å². The number of nitrogens with two attached hydrogens (primary N) is 2. The number of benzene rings is 1. The van der Waals surface area contributed by atoms with Crippen molar-refractivity contribution in [2.24, 2.45) is 11.5 Å². The number of halogens is 1. The lowest BCUT2D eigenvalue weighted by atomic mass is 10.2. The van der Waals surface area contributed by atoms with Crippen LogP contribution < -0.4 is 16.2 Å². The van der Waals surface area contributed by atoms with Crippen LogP contribution in [0.2, 0.25) is 5.02 Å². The average molecular weight is 306 g/mol. The Morgan fingerprint density at radius 1 is 1.47 bits per heavy atom. The normalized spacial score (nSPS) is 13.2. The monoisotopic (exact) mass is 305 g/mol. The van der Waals surface area contributed by atoms with Gasteiger partial charge in [0.1, 0.15) is 4.90 Å². The van der Waals surface area contributed by atoms with Crippen LogP contribution in [0.1, 0.15) is 18.9 Å². The molecule has 0 saturated heterocycles. The fourth-order valence-corrected chi connectivity index (χ4v) is 3.37. The summed E-state index contributed by atoms with van der Waals surface area (Å²) in [4.78, 5) is 10.7. The van der Waals surface area contributed by atoms with E-state index in [-0.39, 0.29) is 22.9 Å². The Kier molecular flexibility index (Phi) is 5.30. The van der Waals surface area contributed by atoms with E-state index in [0.29, 0.717) is 0 Å². The van der Waals surface area contributed by atoms with E-state index >= 15 is 0 Å². The summed E-state index contributed by atoms with van der Waals surface area (Å²) >= 11 is 5.92. The Morgan fingerprint density at radius 2 is 2.11 bits per heavy atom. The van der Waals surface area contributed by atoms with Crippen LogP contribution in [0.4, 0.5) is 0 Å². The van der Waals surface area contributed by atoms with Gasteiger partial charge in [-0.15, -0.1) is 0 Å². The second kappa shape index (κ2) is 6.33. The van der Waals surface area contributed by atoms with Crippen LogP contribution in [-0.4, -0.2) is 20.4 Å². The molecular formula is C11H16ClN3O3S. The van der Waals surface area contributed by atoms with E-state index in [1.807, 2.05) is 0 Å². The molecule has 0 heterocycles. The fraction of sp³-hybridized carbons (Fsp3) is 0.364. The van der Waals surface area contributed by atoms with Gasteiger partial charge in [-0.3, -0.25) is 4.79 Å². The summed E-state index contributed by atoms with van der Waals surface area (Å²) in [6.45, 7) is 1.82. The summed E-state index contributed by atoms with van der Waals surface area (Å²) in [5.41, 5.74) is 11.2. The summed E-state index contributed by atoms with van der Waals surface area (Å²) in [6.07, 6.45) is -0.0856. The van der Waals surface area contributed by atoms with Crippen molar-refractivity contribution >= 4 is 27.5 Å². The molecule has 0 saturated carbocycles. The molecule has 1 aromatic carbocycles. The molecule has 1 rings (SSSR count). The number of sulfonamides is 1. The predicted octanol–water partition coefficient (Wildman–Crippen LogP) is 0.341. The maximum Gasteiger partial charge on any atom is 0.242 e. The van der Waals surface area contributed by atoms with Crippen molar-refractivity contribution in [2.75, 3.05) is 0 Å². The Morgan fingerprint density at radius 3 is 2.58 bits per heavy atom. The zero-order valence-electron chi connectivity index (χ0n) is 10.4. The molecule has 1 aromatic rings. The molecule has 1 atom stereocenters. The number of carbonyl (C=O) groups is 1. The SMILES string of the molecule is CC(CC(N)=O)NS(=O)(=O)c1ccc(CN)cc1Cl. The van der Waals surface area contributed by atoms with Gasteiger partial charge in [0.05, 0.1) is 5.02 Å². The van der Waals surface area contributed by atoms with Gasteiger partial charge < -0.3 is 11.5 Å². The van der Waals surface area contributed by atoms with E-state index < -0.39 is 22.0 Å². The molecule has 0 spiro atoms. The molecule has 0 aliphatic carbocycles. The van der Waals surface area contributed by atoms with Crippen molar-refractivity contribution in [3.8, 4) is 0 Å². The van der Waals surface area contributed by atoms with Gasteiger partial charge in [-0.25, -0.2) is 13.1 Å². The van der Waals surface area contributed by atoms with Crippen molar-refractivity contribution in [1.82, 2.24) is 4.72 Å². The van der Waals surface area contributed by atoms with Gasteiger partial charge >= 0.3 is 0 Å². The lowest BCUT2D eigenvalue weighted by Crippen LogP contribution is -2.35. The van der Waals surface area contributed by atoms with Crippen LogP contribution in [0.3, 0.4) is 0 Å². The Bertz CT molecular complexity index is 575. The smallest absolute Gasteiger partial charge is 0.242 e. The van der Waals surface area contributed by atoms with Crippen LogP contribution in [0, 0.1) is 0 Å². The second-order valence-electron chi connectivity index (χ2n) is 4.16. The summed E-state index contributed by atoms with van der Waals surface area (Å²) in [5.74, 6) is -0.584. The van der Waals surface area contributed by atoms with E-state index in [4.69, 9.17) is 23.1 Å². The van der Waals surface area contributed by atoms with Crippen molar-refractivity contribution < 1.29 is 13.2 Å². The number of carbonyl (C=O) groups excluding carboxylic acids is 1. The van der Waals surface area contributed by atoms with Crippen LogP contribution in [0.5, 0.6) is 0 Å². The molecule has 1 amide bonds. The number of rotatable bonds is 6. The number of hydrogen-bond acceptors (Lipinski definition) is 4. The van der Waals surface area contributed by atoms with E-state index in [1.165, 1.54) is 12.1 Å². The van der Waals surface area contributed by atoms with E-state index in [0.717, 1.165) is 5.56 Å². The quantitative estimate of drug-likeness (QED) is 0.703. The number of amides is 1. The highest BCUT2D eigenvalue weighted by molar-refractivity contribution is 7.89. The van der Waals surface area contributed by atoms with Crippen molar-refractivity contribution in [3.63, 3.8) is 0 Å². The number of nitrogens with one attached hydrogen (secondary N) is 1. The van der Waals surface area contributed by atoms with E-state index in [1.54, 1.807) is 13.0 Å². The summed E-state index contributed by atoms with van der Waals surface area (Å²) in [5, 5.41) is 0.0849. The first-order valence-electron chi connectivity index (χ1n) is 5.55. The zero-order valence-corrected chi connectivity index (χ0v) is 12.0. The van der Waals surface area contributed by atoms with Crippen LogP contribution in [-0.2, 0) is 21.4 Å². The van der Waals surface area contributed by atoms with E-state index in [9.17, 15) is 13.2 Å². The summed E-state index contributed by atoms with van der Waals surface area (Å²) in [6, 6.07) is 3.85. The largest absolute Gasteiger partial charge is 0.370 e. The molecule has 1 unspecified atom stereocenters. The highest BCUT2D eigenvalue weighted by Gasteiger charge is 2.21. The number of hydrogen-bond donors (Lipinski definition) is 3. The van der Waals surface area contributed by atoms with Gasteiger partial charge in [-0.1, -0.05) is 17.7 Å². The molecule has 0 aliphatic heterocycles. The molecule has 0 radical (unpaired) electrons. The van der Waals surface area contributed by atoms with Gasteiger partial charge in [0.25, 0.3) is 0 Å². The molecule has 0 aliphatic rings. The fourth-order valence-electron chi connectivity index (χ4n) is 1.56. The first-order valence-corrected chi connectivity index (χ1v) is 7.41. The standard InChI is InChI=1S/C11H16ClN3O3S/c1-7(4-11(14)16)15-19(17,18)10-3-2-8(6-13)5-9(10)12/h2-3,5,7,15H,4,6,13H2,1H3,(H2,14,16). The topological polar surface area (TPSA) is 115 Å². The van der Waals surface area contributed by atoms with Crippen molar-refractivity contribution in [3.05, 3.63) is 28.8 Å². The van der Waals surface area contributed by atoms with Gasteiger partial charge in [-0.2, -0.15) is 0 Å². The maximum atomic E-state index is 12.1. The van der Waals surface area contributed by atoms with Crippen molar-refractivity contribution in [2.45, 2.75) is 30.8 Å². The van der Waals surface area contributed by atoms with Crippen LogP contribution >= 0.6 is 11.6 Å². The first-order chi connectivity index (χ1) is 8.76. The molecule has 5 N–H and O–H groups in total. The molecule has 0 aromatic heterocycles. The summed E-state index contributed by atoms with van der Waals surface area (Å²) < 4.78 is 26.5. The minimum Gasteiger partial charge on any atom is -0.370 e. The molecule has 0 fully saturated rings. The molecule has 106 valence electrons. The minimum absolute atomic E-state index is 0.0531.